The van der Waals surface area contributed by atoms with E-state index in [1.807, 2.05) is 60.7 Å². The van der Waals surface area contributed by atoms with E-state index in [9.17, 15) is 4.79 Å². The topological polar surface area (TPSA) is 81.8 Å². The van der Waals surface area contributed by atoms with E-state index in [1.165, 1.54) is 12.5 Å². The third-order valence-electron chi connectivity index (χ3n) is 4.87. The van der Waals surface area contributed by atoms with E-state index in [2.05, 4.69) is 32.1 Å². The fraction of sp³-hybridized carbons (Fsp3) is 0. The predicted molar refractivity (Wildman–Crippen MR) is 126 cm³/mol. The standard InChI is InChI=1S/C16H8N3O2.C11H8N.Ir/c20-15-11-5-3-4-10(12-6-1-2-7-18-12)16(11)21-13-8-17-9-19-14(13)15;1-2-6-10(7-3-1)11-8-4-5-9-12-11;/h1-3,5-9H;1-6,8-9H;/q2*-1;. The summed E-state index contributed by atoms with van der Waals surface area (Å²) in [4.78, 5) is 28.9. The summed E-state index contributed by atoms with van der Waals surface area (Å²) in [5.41, 5.74) is 4.25. The first-order valence-corrected chi connectivity index (χ1v) is 10.2. The second-order valence-electron chi connectivity index (χ2n) is 6.97. The molecule has 0 fully saturated rings. The maximum Gasteiger partial charge on any atom is 0.200 e. The van der Waals surface area contributed by atoms with Crippen LogP contribution in [0.4, 0.5) is 0 Å². The van der Waals surface area contributed by atoms with Crippen molar-refractivity contribution in [2.24, 2.45) is 0 Å². The molecule has 7 heteroatoms. The Bertz CT molecular complexity index is 1540. The first kappa shape index (κ1) is 23.1. The summed E-state index contributed by atoms with van der Waals surface area (Å²) >= 11 is 0. The third-order valence-corrected chi connectivity index (χ3v) is 4.87. The molecular formula is C27H16IrN4O2-2. The maximum atomic E-state index is 12.5. The van der Waals surface area contributed by atoms with Crippen molar-refractivity contribution < 1.29 is 24.5 Å². The van der Waals surface area contributed by atoms with Gasteiger partial charge in [-0.15, -0.1) is 54.1 Å². The molecule has 2 aromatic carbocycles. The Morgan fingerprint density at radius 2 is 1.53 bits per heavy atom. The molecule has 0 aliphatic heterocycles. The van der Waals surface area contributed by atoms with Gasteiger partial charge in [-0.2, -0.15) is 0 Å². The Kier molecular flexibility index (Phi) is 7.28. The molecule has 167 valence electrons. The molecule has 0 N–H and O–H groups in total. The number of hydrogen-bond donors (Lipinski definition) is 0. The van der Waals surface area contributed by atoms with Gasteiger partial charge in [0.1, 0.15) is 6.33 Å². The summed E-state index contributed by atoms with van der Waals surface area (Å²) in [5.74, 6) is 0. The number of aromatic nitrogens is 4. The van der Waals surface area contributed by atoms with Crippen molar-refractivity contribution in [3.05, 3.63) is 120 Å². The average molecular weight is 621 g/mol. The molecule has 0 saturated carbocycles. The van der Waals surface area contributed by atoms with Crippen molar-refractivity contribution in [3.63, 3.8) is 0 Å². The average Bonchev–Trinajstić information content (AvgIpc) is 2.91. The third kappa shape index (κ3) is 4.81. The monoisotopic (exact) mass is 621 g/mol. The minimum atomic E-state index is -0.181. The van der Waals surface area contributed by atoms with Crippen LogP contribution in [0.25, 0.3) is 44.6 Å². The first-order valence-electron chi connectivity index (χ1n) is 10.2. The second-order valence-corrected chi connectivity index (χ2v) is 6.97. The van der Waals surface area contributed by atoms with Crippen LogP contribution in [0.2, 0.25) is 0 Å². The SMILES string of the molecule is O=c1c2cc[c-]c(-c3ccccn3)c2oc2cncnc12.[Ir].[c-]1ccccc1-c1ccccn1. The zero-order valence-electron chi connectivity index (χ0n) is 17.7. The van der Waals surface area contributed by atoms with Crippen molar-refractivity contribution >= 4 is 22.1 Å². The van der Waals surface area contributed by atoms with E-state index in [1.54, 1.807) is 24.5 Å². The van der Waals surface area contributed by atoms with E-state index in [0.717, 1.165) is 11.3 Å². The summed E-state index contributed by atoms with van der Waals surface area (Å²) in [7, 11) is 0. The van der Waals surface area contributed by atoms with Crippen molar-refractivity contribution in [3.8, 4) is 22.5 Å². The van der Waals surface area contributed by atoms with E-state index < -0.39 is 0 Å². The van der Waals surface area contributed by atoms with Gasteiger partial charge in [0.2, 0.25) is 5.43 Å². The molecule has 0 aliphatic carbocycles. The molecule has 34 heavy (non-hydrogen) atoms. The van der Waals surface area contributed by atoms with Crippen LogP contribution in [0.3, 0.4) is 0 Å². The van der Waals surface area contributed by atoms with Gasteiger partial charge >= 0.3 is 0 Å². The Morgan fingerprint density at radius 3 is 2.24 bits per heavy atom. The van der Waals surface area contributed by atoms with Gasteiger partial charge in [-0.25, -0.2) is 9.97 Å². The Morgan fingerprint density at radius 1 is 0.765 bits per heavy atom. The van der Waals surface area contributed by atoms with Gasteiger partial charge in [0.15, 0.2) is 11.1 Å². The van der Waals surface area contributed by atoms with Crippen molar-refractivity contribution in [1.29, 1.82) is 0 Å². The molecule has 0 amide bonds. The number of benzene rings is 2. The molecule has 4 heterocycles. The van der Waals surface area contributed by atoms with E-state index in [4.69, 9.17) is 4.42 Å². The Labute approximate surface area is 208 Å². The summed E-state index contributed by atoms with van der Waals surface area (Å²) in [6.07, 6.45) is 6.29. The zero-order chi connectivity index (χ0) is 22.5. The minimum Gasteiger partial charge on any atom is -0.497 e. The fourth-order valence-electron chi connectivity index (χ4n) is 3.34. The first-order chi connectivity index (χ1) is 16.3. The summed E-state index contributed by atoms with van der Waals surface area (Å²) < 4.78 is 5.82. The van der Waals surface area contributed by atoms with E-state index in [0.29, 0.717) is 27.8 Å². The van der Waals surface area contributed by atoms with E-state index >= 15 is 0 Å². The van der Waals surface area contributed by atoms with Crippen LogP contribution >= 0.6 is 0 Å². The van der Waals surface area contributed by atoms with Crippen molar-refractivity contribution in [1.82, 2.24) is 19.9 Å². The van der Waals surface area contributed by atoms with Crippen molar-refractivity contribution in [2.45, 2.75) is 0 Å². The number of pyridine rings is 2. The van der Waals surface area contributed by atoms with Crippen molar-refractivity contribution in [2.75, 3.05) is 0 Å². The molecule has 4 aromatic heterocycles. The second kappa shape index (κ2) is 10.7. The van der Waals surface area contributed by atoms with Gasteiger partial charge < -0.3 is 14.4 Å². The molecular weight excluding hydrogens is 605 g/mol. The van der Waals surface area contributed by atoms with Crippen LogP contribution in [0.15, 0.2) is 107 Å². The Balaban J connectivity index is 0.000000180. The quantitative estimate of drug-likeness (QED) is 0.197. The van der Waals surface area contributed by atoms with Gasteiger partial charge in [-0.05, 0) is 28.9 Å². The van der Waals surface area contributed by atoms with Crippen LogP contribution in [0, 0.1) is 12.1 Å². The van der Waals surface area contributed by atoms with Gasteiger partial charge in [0.25, 0.3) is 0 Å². The van der Waals surface area contributed by atoms with Gasteiger partial charge in [-0.3, -0.25) is 4.79 Å². The zero-order valence-corrected chi connectivity index (χ0v) is 20.1. The smallest absolute Gasteiger partial charge is 0.200 e. The molecule has 0 saturated heterocycles. The molecule has 6 nitrogen and oxygen atoms in total. The van der Waals surface area contributed by atoms with Crippen LogP contribution in [-0.2, 0) is 20.1 Å². The normalized spacial score (nSPS) is 10.2. The van der Waals surface area contributed by atoms with Crippen LogP contribution < -0.4 is 5.43 Å². The summed E-state index contributed by atoms with van der Waals surface area (Å²) in [5, 5.41) is 0.459. The summed E-state index contributed by atoms with van der Waals surface area (Å²) in [6.45, 7) is 0. The van der Waals surface area contributed by atoms with Crippen LogP contribution in [0.1, 0.15) is 0 Å². The number of nitrogens with zero attached hydrogens (tertiary/aromatic N) is 4. The molecule has 0 bridgehead atoms. The minimum absolute atomic E-state index is 0. The molecule has 0 spiro atoms. The molecule has 0 atom stereocenters. The maximum absolute atomic E-state index is 12.5. The van der Waals surface area contributed by atoms with Crippen LogP contribution in [-0.4, -0.2) is 19.9 Å². The molecule has 1 radical (unpaired) electrons. The van der Waals surface area contributed by atoms with Crippen LogP contribution in [0.5, 0.6) is 0 Å². The van der Waals surface area contributed by atoms with E-state index in [-0.39, 0.29) is 31.1 Å². The number of fused-ring (bicyclic) bond motifs is 2. The number of hydrogen-bond acceptors (Lipinski definition) is 6. The molecule has 0 aliphatic rings. The fourth-order valence-corrected chi connectivity index (χ4v) is 3.34. The molecule has 0 unspecified atom stereocenters. The van der Waals surface area contributed by atoms with Gasteiger partial charge in [-0.1, -0.05) is 29.8 Å². The number of rotatable bonds is 2. The Hall–Kier alpha value is -4.06. The molecule has 6 aromatic rings. The van der Waals surface area contributed by atoms with Gasteiger partial charge in [0.05, 0.1) is 11.8 Å². The largest absolute Gasteiger partial charge is 0.497 e. The van der Waals surface area contributed by atoms with Gasteiger partial charge in [0, 0.05) is 32.5 Å². The molecule has 6 rings (SSSR count). The predicted octanol–water partition coefficient (Wildman–Crippen LogP) is 5.14. The summed E-state index contributed by atoms with van der Waals surface area (Å²) in [6, 6.07) is 28.8.